The molecule has 24 heavy (non-hydrogen) atoms. The molecular formula is C14H21BrCl2N4O3. The predicted octanol–water partition coefficient (Wildman–Crippen LogP) is 1.59. The maximum absolute atomic E-state index is 12.4. The van der Waals surface area contributed by atoms with E-state index in [4.69, 9.17) is 10.5 Å². The molecule has 2 amide bonds. The number of hydrogen-bond acceptors (Lipinski definition) is 5. The van der Waals surface area contributed by atoms with E-state index >= 15 is 0 Å². The first kappa shape index (κ1) is 23.1. The van der Waals surface area contributed by atoms with Crippen LogP contribution in [0.2, 0.25) is 0 Å². The van der Waals surface area contributed by atoms with E-state index in [0.717, 1.165) is 4.47 Å². The first-order valence-corrected chi connectivity index (χ1v) is 7.74. The van der Waals surface area contributed by atoms with Crippen molar-refractivity contribution in [2.75, 3.05) is 32.1 Å². The third-order valence-electron chi connectivity index (χ3n) is 3.53. The zero-order chi connectivity index (χ0) is 16.2. The number of nitrogens with zero attached hydrogens (tertiary/aromatic N) is 2. The van der Waals surface area contributed by atoms with Gasteiger partial charge < -0.3 is 20.7 Å². The molecule has 0 bridgehead atoms. The van der Waals surface area contributed by atoms with Crippen LogP contribution in [-0.4, -0.2) is 54.0 Å². The Morgan fingerprint density at radius 1 is 1.38 bits per heavy atom. The molecule has 10 heteroatoms. The molecule has 3 N–H and O–H groups in total. The van der Waals surface area contributed by atoms with Crippen molar-refractivity contribution in [1.29, 1.82) is 0 Å². The number of nitrogens with one attached hydrogen (secondary N) is 1. The van der Waals surface area contributed by atoms with Crippen molar-refractivity contribution in [1.82, 2.24) is 9.88 Å². The van der Waals surface area contributed by atoms with Crippen molar-refractivity contribution in [3.8, 4) is 0 Å². The molecule has 1 saturated heterocycles. The first-order chi connectivity index (χ1) is 10.4. The topological polar surface area (TPSA) is 97.6 Å². The Labute approximate surface area is 161 Å². The summed E-state index contributed by atoms with van der Waals surface area (Å²) in [5.74, 6) is -0.126. The Balaban J connectivity index is 0.00000264. The fourth-order valence-corrected chi connectivity index (χ4v) is 2.48. The van der Waals surface area contributed by atoms with Crippen molar-refractivity contribution in [3.05, 3.63) is 22.8 Å². The lowest BCUT2D eigenvalue weighted by Gasteiger charge is -2.35. The van der Waals surface area contributed by atoms with Crippen molar-refractivity contribution < 1.29 is 14.3 Å². The molecular weight excluding hydrogens is 423 g/mol. The van der Waals surface area contributed by atoms with Gasteiger partial charge in [0, 0.05) is 30.9 Å². The molecule has 0 atom stereocenters. The van der Waals surface area contributed by atoms with Crippen molar-refractivity contribution in [2.24, 2.45) is 5.73 Å². The summed E-state index contributed by atoms with van der Waals surface area (Å²) in [6.07, 6.45) is 2.51. The van der Waals surface area contributed by atoms with E-state index in [-0.39, 0.29) is 43.2 Å². The largest absolute Gasteiger partial charge is 0.381 e. The molecule has 0 aromatic carbocycles. The molecule has 1 aromatic heterocycles. The van der Waals surface area contributed by atoms with E-state index in [1.807, 2.05) is 0 Å². The summed E-state index contributed by atoms with van der Waals surface area (Å²) in [6.45, 7) is 0.854. The van der Waals surface area contributed by atoms with Crippen LogP contribution < -0.4 is 11.1 Å². The van der Waals surface area contributed by atoms with E-state index in [2.05, 4.69) is 26.2 Å². The summed E-state index contributed by atoms with van der Waals surface area (Å²) in [6, 6.07) is 3.45. The Kier molecular flexibility index (Phi) is 9.76. The van der Waals surface area contributed by atoms with E-state index in [0.29, 0.717) is 31.9 Å². The summed E-state index contributed by atoms with van der Waals surface area (Å²) < 4.78 is 6.04. The molecule has 0 spiro atoms. The minimum absolute atomic E-state index is 0. The van der Waals surface area contributed by atoms with Crippen LogP contribution >= 0.6 is 40.7 Å². The number of halogens is 3. The fourth-order valence-electron chi connectivity index (χ4n) is 2.25. The van der Waals surface area contributed by atoms with Gasteiger partial charge in [-0.1, -0.05) is 0 Å². The van der Waals surface area contributed by atoms with E-state index in [1.54, 1.807) is 25.4 Å². The number of anilines is 1. The Bertz CT molecular complexity index is 553. The lowest BCUT2D eigenvalue weighted by molar-refractivity contribution is -0.141. The molecule has 136 valence electrons. The summed E-state index contributed by atoms with van der Waals surface area (Å²) in [4.78, 5) is 29.8. The van der Waals surface area contributed by atoms with Gasteiger partial charge in [0.1, 0.15) is 5.82 Å². The number of pyridine rings is 1. The number of likely N-dealkylation sites (N-methyl/N-ethyl adjacent to an activating group) is 1. The van der Waals surface area contributed by atoms with Gasteiger partial charge in [0.15, 0.2) is 0 Å². The van der Waals surface area contributed by atoms with Gasteiger partial charge in [-0.2, -0.15) is 0 Å². The second kappa shape index (κ2) is 10.1. The quantitative estimate of drug-likeness (QED) is 0.736. The highest BCUT2D eigenvalue weighted by Crippen LogP contribution is 2.20. The molecule has 1 aromatic rings. The number of hydrogen-bond donors (Lipinski definition) is 2. The van der Waals surface area contributed by atoms with Crippen LogP contribution in [0.1, 0.15) is 12.8 Å². The van der Waals surface area contributed by atoms with Gasteiger partial charge in [-0.3, -0.25) is 9.59 Å². The first-order valence-electron chi connectivity index (χ1n) is 6.94. The highest BCUT2D eigenvalue weighted by Gasteiger charge is 2.38. The number of carbonyl (C=O) groups is 2. The number of nitrogens with two attached hydrogens (primary N) is 1. The van der Waals surface area contributed by atoms with E-state index in [1.165, 1.54) is 4.90 Å². The van der Waals surface area contributed by atoms with Gasteiger partial charge in [-0.15, -0.1) is 24.8 Å². The molecule has 1 aliphatic heterocycles. The van der Waals surface area contributed by atoms with E-state index in [9.17, 15) is 9.59 Å². The van der Waals surface area contributed by atoms with Crippen LogP contribution in [0.3, 0.4) is 0 Å². The minimum atomic E-state index is -0.941. The summed E-state index contributed by atoms with van der Waals surface area (Å²) in [5.41, 5.74) is 5.19. The maximum atomic E-state index is 12.4. The van der Waals surface area contributed by atoms with Crippen LogP contribution in [0.15, 0.2) is 22.8 Å². The van der Waals surface area contributed by atoms with Gasteiger partial charge in [0.2, 0.25) is 11.8 Å². The average Bonchev–Trinajstić information content (AvgIpc) is 2.49. The molecule has 0 unspecified atom stereocenters. The summed E-state index contributed by atoms with van der Waals surface area (Å²) in [5, 5.41) is 2.64. The number of amides is 2. The zero-order valence-corrected chi connectivity index (χ0v) is 16.4. The average molecular weight is 444 g/mol. The third kappa shape index (κ3) is 6.18. The van der Waals surface area contributed by atoms with Gasteiger partial charge in [-0.25, -0.2) is 4.98 Å². The van der Waals surface area contributed by atoms with Gasteiger partial charge in [0.25, 0.3) is 0 Å². The van der Waals surface area contributed by atoms with Gasteiger partial charge >= 0.3 is 0 Å². The number of carbonyl (C=O) groups excluding carboxylic acids is 2. The molecule has 2 heterocycles. The number of ether oxygens (including phenoxy) is 1. The van der Waals surface area contributed by atoms with E-state index < -0.39 is 5.54 Å². The monoisotopic (exact) mass is 442 g/mol. The molecule has 1 aliphatic rings. The number of aromatic nitrogens is 1. The highest BCUT2D eigenvalue weighted by atomic mass is 79.9. The standard InChI is InChI=1S/C14H19BrN4O3.2ClH/c1-19(13(21)14(16)4-6-22-7-5-14)9-12(20)18-11-3-2-10(15)8-17-11;;/h2-3,8H,4-7,9,16H2,1H3,(H,17,18,20);2*1H. The van der Waals surface area contributed by atoms with Crippen molar-refractivity contribution in [3.63, 3.8) is 0 Å². The van der Waals surface area contributed by atoms with Crippen molar-refractivity contribution >= 4 is 58.4 Å². The Hall–Kier alpha value is -0.930. The van der Waals surface area contributed by atoms with Crippen LogP contribution in [-0.2, 0) is 14.3 Å². The molecule has 0 aliphatic carbocycles. The molecule has 0 radical (unpaired) electrons. The lowest BCUT2D eigenvalue weighted by Crippen LogP contribution is -2.58. The van der Waals surface area contributed by atoms with Crippen molar-refractivity contribution in [2.45, 2.75) is 18.4 Å². The van der Waals surface area contributed by atoms with Crippen LogP contribution in [0, 0.1) is 0 Å². The summed E-state index contributed by atoms with van der Waals surface area (Å²) >= 11 is 3.27. The SMILES string of the molecule is CN(CC(=O)Nc1ccc(Br)cn1)C(=O)C1(N)CCOCC1.Cl.Cl. The second-order valence-electron chi connectivity index (χ2n) is 5.34. The zero-order valence-electron chi connectivity index (χ0n) is 13.2. The van der Waals surface area contributed by atoms with Crippen LogP contribution in [0.4, 0.5) is 5.82 Å². The fraction of sp³-hybridized carbons (Fsp3) is 0.500. The van der Waals surface area contributed by atoms with Gasteiger partial charge in [0.05, 0.1) is 12.1 Å². The lowest BCUT2D eigenvalue weighted by atomic mass is 9.90. The predicted molar refractivity (Wildman–Crippen MR) is 99.7 cm³/mol. The third-order valence-corrected chi connectivity index (χ3v) is 4.00. The smallest absolute Gasteiger partial charge is 0.245 e. The molecule has 0 saturated carbocycles. The number of rotatable bonds is 4. The van der Waals surface area contributed by atoms with Crippen LogP contribution in [0.5, 0.6) is 0 Å². The van der Waals surface area contributed by atoms with Crippen LogP contribution in [0.25, 0.3) is 0 Å². The second-order valence-corrected chi connectivity index (χ2v) is 6.26. The minimum Gasteiger partial charge on any atom is -0.381 e. The normalized spacial score (nSPS) is 15.5. The highest BCUT2D eigenvalue weighted by molar-refractivity contribution is 9.10. The Morgan fingerprint density at radius 2 is 2.00 bits per heavy atom. The van der Waals surface area contributed by atoms with Gasteiger partial charge in [-0.05, 0) is 40.9 Å². The molecule has 7 nitrogen and oxygen atoms in total. The summed E-state index contributed by atoms with van der Waals surface area (Å²) in [7, 11) is 1.57. The molecule has 1 fully saturated rings. The molecule has 2 rings (SSSR count). The maximum Gasteiger partial charge on any atom is 0.245 e. The Morgan fingerprint density at radius 3 is 2.54 bits per heavy atom.